The van der Waals surface area contributed by atoms with Crippen LogP contribution in [0.25, 0.3) is 0 Å². The Balaban J connectivity index is 0.000000156. The Hall–Kier alpha value is -0.200. The van der Waals surface area contributed by atoms with Gasteiger partial charge < -0.3 is 26.4 Å². The first kappa shape index (κ1) is 21.5. The lowest BCUT2D eigenvalue weighted by Crippen LogP contribution is -2.38. The highest BCUT2D eigenvalue weighted by Crippen LogP contribution is 2.27. The molecule has 2 saturated heterocycles. The van der Waals surface area contributed by atoms with Gasteiger partial charge in [0.05, 0.1) is 6.10 Å². The van der Waals surface area contributed by atoms with E-state index in [4.69, 9.17) is 0 Å². The van der Waals surface area contributed by atoms with Crippen LogP contribution in [-0.4, -0.2) is 61.6 Å². The van der Waals surface area contributed by atoms with Gasteiger partial charge in [-0.05, 0) is 43.9 Å². The van der Waals surface area contributed by atoms with Crippen molar-refractivity contribution >= 4 is 0 Å². The summed E-state index contributed by atoms with van der Waals surface area (Å²) in [5, 5.41) is 23.5. The van der Waals surface area contributed by atoms with E-state index in [1.54, 1.807) is 0 Å². The molecule has 0 bridgehead atoms. The Bertz CT molecular complexity index is 419. The molecule has 2 aliphatic heterocycles. The summed E-state index contributed by atoms with van der Waals surface area (Å²) >= 11 is 0. The Morgan fingerprint density at radius 3 is 1.85 bits per heavy atom. The van der Waals surface area contributed by atoms with E-state index in [0.29, 0.717) is 17.5 Å². The van der Waals surface area contributed by atoms with E-state index in [1.807, 2.05) is 0 Å². The van der Waals surface area contributed by atoms with Gasteiger partial charge in [-0.1, -0.05) is 39.5 Å². The van der Waals surface area contributed by atoms with Crippen LogP contribution in [0.1, 0.15) is 78.1 Å². The third-order valence-electron chi connectivity index (χ3n) is 6.88. The number of nitrogens with one attached hydrogen (secondary N) is 4. The number of rotatable bonds is 6. The van der Waals surface area contributed by atoms with Crippen molar-refractivity contribution < 1.29 is 5.11 Å². The molecule has 3 atom stereocenters. The summed E-state index contributed by atoms with van der Waals surface area (Å²) in [4.78, 5) is 0. The van der Waals surface area contributed by atoms with Crippen molar-refractivity contribution in [1.29, 1.82) is 0 Å². The average Bonchev–Trinajstić information content (AvgIpc) is 3.41. The van der Waals surface area contributed by atoms with Gasteiger partial charge in [-0.2, -0.15) is 0 Å². The topological polar surface area (TPSA) is 68.3 Å². The summed E-state index contributed by atoms with van der Waals surface area (Å²) in [6.45, 7) is 8.88. The van der Waals surface area contributed by atoms with Crippen LogP contribution in [0, 0.1) is 5.41 Å². The van der Waals surface area contributed by atoms with E-state index in [-0.39, 0.29) is 6.10 Å². The molecular weight excluding hydrogens is 336 g/mol. The first-order valence-electron chi connectivity index (χ1n) is 11.6. The van der Waals surface area contributed by atoms with E-state index in [9.17, 15) is 5.11 Å². The molecule has 4 fully saturated rings. The molecule has 5 heteroatoms. The van der Waals surface area contributed by atoms with Crippen LogP contribution in [0.4, 0.5) is 0 Å². The predicted octanol–water partition coefficient (Wildman–Crippen LogP) is 2.15. The fourth-order valence-corrected chi connectivity index (χ4v) is 5.21. The van der Waals surface area contributed by atoms with Crippen molar-refractivity contribution in [3.05, 3.63) is 0 Å². The lowest BCUT2D eigenvalue weighted by molar-refractivity contribution is 0.193. The number of β-amino-alcohol motifs (C(OH)–C–C–N with tert-alkyl or cyclic N) is 1. The fourth-order valence-electron chi connectivity index (χ4n) is 5.21. The summed E-state index contributed by atoms with van der Waals surface area (Å²) < 4.78 is 0. The van der Waals surface area contributed by atoms with Gasteiger partial charge in [0.25, 0.3) is 0 Å². The largest absolute Gasteiger partial charge is 0.392 e. The third-order valence-corrected chi connectivity index (χ3v) is 6.88. The minimum atomic E-state index is -0.115. The highest BCUT2D eigenvalue weighted by molar-refractivity contribution is 4.89. The van der Waals surface area contributed by atoms with Crippen LogP contribution < -0.4 is 21.3 Å². The van der Waals surface area contributed by atoms with Gasteiger partial charge in [-0.3, -0.25) is 0 Å². The zero-order chi connectivity index (χ0) is 19.1. The summed E-state index contributed by atoms with van der Waals surface area (Å²) in [5.74, 6) is 0. The minimum absolute atomic E-state index is 0.115. The van der Waals surface area contributed by atoms with E-state index in [0.717, 1.165) is 31.6 Å². The Labute approximate surface area is 166 Å². The molecular formula is C22H44N4O. The monoisotopic (exact) mass is 380 g/mol. The standard InChI is InChI=1S/C12H24N2.C10H20N2O/c1-12(2)7-11(14-9-12)8-13-10-5-3-4-6-10;13-10-5-9(12-7-10)6-11-8-3-1-2-4-8/h10-11,13-14H,3-9H2,1-2H3;8-13H,1-7H2. The van der Waals surface area contributed by atoms with Gasteiger partial charge in [-0.15, -0.1) is 0 Å². The maximum atomic E-state index is 9.30. The SMILES string of the molecule is CC1(C)CNC(CNC2CCCC2)C1.OC1CNC(CNC2CCCC2)C1. The van der Waals surface area contributed by atoms with E-state index in [2.05, 4.69) is 35.1 Å². The van der Waals surface area contributed by atoms with Crippen molar-refractivity contribution in [3.8, 4) is 0 Å². The molecule has 27 heavy (non-hydrogen) atoms. The maximum Gasteiger partial charge on any atom is 0.0680 e. The van der Waals surface area contributed by atoms with Gasteiger partial charge in [0, 0.05) is 50.3 Å². The normalized spacial score (nSPS) is 34.1. The quantitative estimate of drug-likeness (QED) is 0.489. The lowest BCUT2D eigenvalue weighted by Gasteiger charge is -2.18. The molecule has 5 nitrogen and oxygen atoms in total. The second-order valence-electron chi connectivity index (χ2n) is 10.2. The van der Waals surface area contributed by atoms with Crippen molar-refractivity contribution in [2.45, 2.75) is 108 Å². The van der Waals surface area contributed by atoms with Crippen molar-refractivity contribution in [2.75, 3.05) is 26.2 Å². The number of hydrogen-bond donors (Lipinski definition) is 5. The van der Waals surface area contributed by atoms with Crippen molar-refractivity contribution in [3.63, 3.8) is 0 Å². The molecule has 2 saturated carbocycles. The first-order valence-corrected chi connectivity index (χ1v) is 11.6. The predicted molar refractivity (Wildman–Crippen MR) is 113 cm³/mol. The first-order chi connectivity index (χ1) is 13.0. The highest BCUT2D eigenvalue weighted by atomic mass is 16.3. The molecule has 4 rings (SSSR count). The maximum absolute atomic E-state index is 9.30. The molecule has 0 aromatic heterocycles. The summed E-state index contributed by atoms with van der Waals surface area (Å²) in [6, 6.07) is 2.78. The number of hydrogen-bond acceptors (Lipinski definition) is 5. The van der Waals surface area contributed by atoms with Gasteiger partial charge in [0.15, 0.2) is 0 Å². The van der Waals surface area contributed by atoms with Crippen LogP contribution in [0.15, 0.2) is 0 Å². The smallest absolute Gasteiger partial charge is 0.0680 e. The molecule has 0 aromatic rings. The lowest BCUT2D eigenvalue weighted by atomic mass is 9.90. The van der Waals surface area contributed by atoms with Gasteiger partial charge in [-0.25, -0.2) is 0 Å². The number of aliphatic hydroxyl groups is 1. The van der Waals surface area contributed by atoms with Crippen LogP contribution in [0.5, 0.6) is 0 Å². The van der Waals surface area contributed by atoms with Crippen molar-refractivity contribution in [2.24, 2.45) is 5.41 Å². The second-order valence-corrected chi connectivity index (χ2v) is 10.2. The summed E-state index contributed by atoms with van der Waals surface area (Å²) in [5.41, 5.74) is 0.516. The molecule has 0 aromatic carbocycles. The van der Waals surface area contributed by atoms with Crippen LogP contribution >= 0.6 is 0 Å². The van der Waals surface area contributed by atoms with Gasteiger partial charge in [0.1, 0.15) is 0 Å². The molecule has 0 amide bonds. The van der Waals surface area contributed by atoms with Crippen molar-refractivity contribution in [1.82, 2.24) is 21.3 Å². The summed E-state index contributed by atoms with van der Waals surface area (Å²) in [7, 11) is 0. The van der Waals surface area contributed by atoms with Gasteiger partial charge >= 0.3 is 0 Å². The zero-order valence-electron chi connectivity index (χ0n) is 17.7. The molecule has 0 radical (unpaired) electrons. The van der Waals surface area contributed by atoms with E-state index >= 15 is 0 Å². The molecule has 2 heterocycles. The Morgan fingerprint density at radius 1 is 0.852 bits per heavy atom. The molecule has 2 aliphatic carbocycles. The second kappa shape index (κ2) is 10.5. The van der Waals surface area contributed by atoms with Crippen LogP contribution in [0.3, 0.4) is 0 Å². The molecule has 3 unspecified atom stereocenters. The average molecular weight is 381 g/mol. The number of aliphatic hydroxyl groups excluding tert-OH is 1. The molecule has 4 aliphatic rings. The van der Waals surface area contributed by atoms with Crippen LogP contribution in [0.2, 0.25) is 0 Å². The Kier molecular flexibility index (Phi) is 8.40. The molecule has 158 valence electrons. The highest BCUT2D eigenvalue weighted by Gasteiger charge is 2.30. The van der Waals surface area contributed by atoms with Crippen LogP contribution in [-0.2, 0) is 0 Å². The summed E-state index contributed by atoms with van der Waals surface area (Å²) in [6.07, 6.45) is 13.2. The van der Waals surface area contributed by atoms with E-state index < -0.39 is 0 Å². The molecule has 5 N–H and O–H groups in total. The third kappa shape index (κ3) is 7.62. The molecule has 0 spiro atoms. The minimum Gasteiger partial charge on any atom is -0.392 e. The van der Waals surface area contributed by atoms with Gasteiger partial charge in [0.2, 0.25) is 0 Å². The van der Waals surface area contributed by atoms with E-state index in [1.165, 1.54) is 70.9 Å². The fraction of sp³-hybridized carbons (Fsp3) is 1.00. The Morgan fingerprint density at radius 2 is 1.41 bits per heavy atom. The zero-order valence-corrected chi connectivity index (χ0v) is 17.7.